The molecular formula is C21H29Cl2N3O3S. The van der Waals surface area contributed by atoms with Gasteiger partial charge in [-0.15, -0.1) is 12.4 Å². The number of hydrogen-bond donors (Lipinski definition) is 2. The number of ether oxygens (including phenoxy) is 1. The van der Waals surface area contributed by atoms with Crippen LogP contribution in [0, 0.1) is 6.92 Å². The lowest BCUT2D eigenvalue weighted by Gasteiger charge is -2.24. The number of nitrogens with two attached hydrogens (primary N) is 1. The lowest BCUT2D eigenvalue weighted by Crippen LogP contribution is -2.26. The molecule has 0 aromatic heterocycles. The first-order chi connectivity index (χ1) is 13.6. The minimum Gasteiger partial charge on any atom is -0.496 e. The molecule has 9 heteroatoms. The largest absolute Gasteiger partial charge is 0.496 e. The van der Waals surface area contributed by atoms with Crippen molar-refractivity contribution in [2.75, 3.05) is 36.7 Å². The van der Waals surface area contributed by atoms with Crippen molar-refractivity contribution >= 4 is 45.2 Å². The SMILES string of the molecule is COc1cc(Cl)cc(C(C)Nc2cc(N3CC[C@H](N)C3)ccc2S(C)(=O)=O)c1C.Cl. The summed E-state index contributed by atoms with van der Waals surface area (Å²) in [5.41, 5.74) is 9.47. The van der Waals surface area contributed by atoms with E-state index >= 15 is 0 Å². The van der Waals surface area contributed by atoms with Gasteiger partial charge in [0.15, 0.2) is 9.84 Å². The van der Waals surface area contributed by atoms with E-state index in [0.717, 1.165) is 36.3 Å². The summed E-state index contributed by atoms with van der Waals surface area (Å²) in [5, 5.41) is 3.95. The Labute approximate surface area is 190 Å². The van der Waals surface area contributed by atoms with Crippen molar-refractivity contribution in [3.8, 4) is 5.75 Å². The number of sulfone groups is 1. The summed E-state index contributed by atoms with van der Waals surface area (Å²) in [5.74, 6) is 0.698. The maximum atomic E-state index is 12.4. The van der Waals surface area contributed by atoms with Crippen molar-refractivity contribution in [3.05, 3.63) is 46.5 Å². The van der Waals surface area contributed by atoms with Crippen LogP contribution in [0.15, 0.2) is 35.2 Å². The third kappa shape index (κ3) is 5.32. The number of anilines is 2. The van der Waals surface area contributed by atoms with Crippen LogP contribution in [0.1, 0.15) is 30.5 Å². The number of hydrogen-bond acceptors (Lipinski definition) is 6. The second-order valence-corrected chi connectivity index (χ2v) is 10.1. The number of rotatable bonds is 6. The van der Waals surface area contributed by atoms with Gasteiger partial charge in [0, 0.05) is 42.1 Å². The molecule has 0 radical (unpaired) electrons. The lowest BCUT2D eigenvalue weighted by molar-refractivity contribution is 0.411. The van der Waals surface area contributed by atoms with Crippen molar-refractivity contribution in [1.29, 1.82) is 0 Å². The number of halogens is 2. The highest BCUT2D eigenvalue weighted by molar-refractivity contribution is 7.90. The fraction of sp³-hybridized carbons (Fsp3) is 0.429. The predicted octanol–water partition coefficient (Wildman–Crippen LogP) is 4.19. The van der Waals surface area contributed by atoms with Gasteiger partial charge in [-0.1, -0.05) is 11.6 Å². The Kier molecular flexibility index (Phi) is 7.91. The summed E-state index contributed by atoms with van der Waals surface area (Å²) < 4.78 is 30.1. The molecular weight excluding hydrogens is 445 g/mol. The van der Waals surface area contributed by atoms with Crippen LogP contribution in [0.3, 0.4) is 0 Å². The number of nitrogens with one attached hydrogen (secondary N) is 1. The first-order valence-electron chi connectivity index (χ1n) is 9.55. The molecule has 0 bridgehead atoms. The molecule has 2 aromatic rings. The summed E-state index contributed by atoms with van der Waals surface area (Å²) in [6.07, 6.45) is 2.14. The third-order valence-electron chi connectivity index (χ3n) is 5.38. The van der Waals surface area contributed by atoms with Crippen molar-refractivity contribution in [3.63, 3.8) is 0 Å². The third-order valence-corrected chi connectivity index (χ3v) is 6.75. The molecule has 0 spiro atoms. The Bertz CT molecular complexity index is 1010. The summed E-state index contributed by atoms with van der Waals surface area (Å²) in [7, 11) is -1.80. The molecule has 2 aromatic carbocycles. The molecule has 0 saturated carbocycles. The zero-order valence-corrected chi connectivity index (χ0v) is 20.0. The summed E-state index contributed by atoms with van der Waals surface area (Å²) in [6, 6.07) is 9.00. The van der Waals surface area contributed by atoms with Crippen molar-refractivity contribution < 1.29 is 13.2 Å². The van der Waals surface area contributed by atoms with E-state index in [2.05, 4.69) is 10.2 Å². The van der Waals surface area contributed by atoms with Gasteiger partial charge in [-0.2, -0.15) is 0 Å². The Morgan fingerprint density at radius 3 is 2.57 bits per heavy atom. The van der Waals surface area contributed by atoms with Gasteiger partial charge in [0.1, 0.15) is 5.75 Å². The van der Waals surface area contributed by atoms with E-state index in [-0.39, 0.29) is 29.4 Å². The zero-order chi connectivity index (χ0) is 21.3. The van der Waals surface area contributed by atoms with Crippen LogP contribution in [0.5, 0.6) is 5.75 Å². The topological polar surface area (TPSA) is 84.7 Å². The van der Waals surface area contributed by atoms with E-state index in [1.165, 1.54) is 6.26 Å². The molecule has 0 aliphatic carbocycles. The van der Waals surface area contributed by atoms with E-state index in [9.17, 15) is 8.42 Å². The zero-order valence-electron chi connectivity index (χ0n) is 17.6. The van der Waals surface area contributed by atoms with E-state index in [1.54, 1.807) is 19.2 Å². The quantitative estimate of drug-likeness (QED) is 0.653. The second-order valence-electron chi connectivity index (χ2n) is 7.64. The molecule has 1 fully saturated rings. The number of benzene rings is 2. The number of nitrogens with zero attached hydrogens (tertiary/aromatic N) is 1. The van der Waals surface area contributed by atoms with Gasteiger partial charge in [-0.3, -0.25) is 0 Å². The minimum atomic E-state index is -3.40. The van der Waals surface area contributed by atoms with Crippen LogP contribution in [-0.2, 0) is 9.84 Å². The Morgan fingerprint density at radius 1 is 1.30 bits per heavy atom. The van der Waals surface area contributed by atoms with Crippen LogP contribution < -0.4 is 20.7 Å². The molecule has 1 heterocycles. The summed E-state index contributed by atoms with van der Waals surface area (Å²) in [6.45, 7) is 5.56. The smallest absolute Gasteiger partial charge is 0.177 e. The Hall–Kier alpha value is -1.67. The van der Waals surface area contributed by atoms with Crippen LogP contribution in [0.25, 0.3) is 0 Å². The minimum absolute atomic E-state index is 0. The van der Waals surface area contributed by atoms with Gasteiger partial charge < -0.3 is 20.7 Å². The van der Waals surface area contributed by atoms with Gasteiger partial charge in [0.25, 0.3) is 0 Å². The molecule has 1 unspecified atom stereocenters. The Morgan fingerprint density at radius 2 is 2.00 bits per heavy atom. The van der Waals surface area contributed by atoms with Gasteiger partial charge in [-0.25, -0.2) is 8.42 Å². The standard InChI is InChI=1S/C21H28ClN3O3S.ClH/c1-13-18(9-15(22)10-20(13)28-3)14(2)24-19-11-17(25-8-7-16(23)12-25)5-6-21(19)29(4,26)27;/h5-6,9-11,14,16,24H,7-8,12,23H2,1-4H3;1H/t14?,16-;/m0./s1. The molecule has 30 heavy (non-hydrogen) atoms. The monoisotopic (exact) mass is 473 g/mol. The predicted molar refractivity (Wildman–Crippen MR) is 126 cm³/mol. The highest BCUT2D eigenvalue weighted by Crippen LogP contribution is 2.35. The summed E-state index contributed by atoms with van der Waals surface area (Å²) in [4.78, 5) is 2.45. The molecule has 0 amide bonds. The average Bonchev–Trinajstić information content (AvgIpc) is 3.08. The first-order valence-corrected chi connectivity index (χ1v) is 11.8. The van der Waals surface area contributed by atoms with Crippen molar-refractivity contribution in [2.45, 2.75) is 37.2 Å². The lowest BCUT2D eigenvalue weighted by atomic mass is 10.0. The van der Waals surface area contributed by atoms with E-state index < -0.39 is 9.84 Å². The fourth-order valence-corrected chi connectivity index (χ4v) is 4.87. The van der Waals surface area contributed by atoms with E-state index in [1.807, 2.05) is 32.0 Å². The second kappa shape index (κ2) is 9.64. The maximum Gasteiger partial charge on any atom is 0.177 e. The number of methoxy groups -OCH3 is 1. The van der Waals surface area contributed by atoms with Gasteiger partial charge in [-0.05, 0) is 61.7 Å². The maximum absolute atomic E-state index is 12.4. The average molecular weight is 474 g/mol. The van der Waals surface area contributed by atoms with Crippen LogP contribution >= 0.6 is 24.0 Å². The molecule has 3 N–H and O–H groups in total. The molecule has 1 aliphatic heterocycles. The molecule has 3 rings (SSSR count). The fourth-order valence-electron chi connectivity index (χ4n) is 3.82. The highest BCUT2D eigenvalue weighted by atomic mass is 35.5. The van der Waals surface area contributed by atoms with Crippen LogP contribution in [0.4, 0.5) is 11.4 Å². The molecule has 2 atom stereocenters. The molecule has 1 saturated heterocycles. The highest BCUT2D eigenvalue weighted by Gasteiger charge is 2.23. The molecule has 166 valence electrons. The van der Waals surface area contributed by atoms with Crippen molar-refractivity contribution in [1.82, 2.24) is 0 Å². The Balaban J connectivity index is 0.00000320. The van der Waals surface area contributed by atoms with Gasteiger partial charge in [0.2, 0.25) is 0 Å². The van der Waals surface area contributed by atoms with E-state index in [4.69, 9.17) is 22.1 Å². The molecule has 6 nitrogen and oxygen atoms in total. The van der Waals surface area contributed by atoms with Crippen LogP contribution in [-0.4, -0.2) is 40.9 Å². The van der Waals surface area contributed by atoms with Gasteiger partial charge >= 0.3 is 0 Å². The first kappa shape index (κ1) is 24.6. The van der Waals surface area contributed by atoms with Crippen LogP contribution in [0.2, 0.25) is 5.02 Å². The molecule has 1 aliphatic rings. The van der Waals surface area contributed by atoms with Gasteiger partial charge in [0.05, 0.1) is 17.7 Å². The van der Waals surface area contributed by atoms with E-state index in [0.29, 0.717) is 16.5 Å². The normalized spacial score (nSPS) is 17.4. The van der Waals surface area contributed by atoms with Crippen molar-refractivity contribution in [2.24, 2.45) is 5.73 Å². The summed E-state index contributed by atoms with van der Waals surface area (Å²) >= 11 is 6.25.